The Hall–Kier alpha value is -1.99. The van der Waals surface area contributed by atoms with E-state index in [1.807, 2.05) is 0 Å². The maximum Gasteiger partial charge on any atom is 0.389 e. The molecule has 104 valence electrons. The Morgan fingerprint density at radius 1 is 1.16 bits per heavy atom. The molecule has 0 aliphatic heterocycles. The summed E-state index contributed by atoms with van der Waals surface area (Å²) in [6.45, 7) is 0.419. The largest absolute Gasteiger partial charge is 0.397 e. The number of hydrogen-bond donors (Lipinski definition) is 2. The molecule has 3 N–H and O–H groups in total. The number of nitrogens with two attached hydrogens (primary N) is 1. The standard InChI is InChI=1S/C11H13F3N4O/c12-11(13,14)5-1-2-6-16-8-4-3-7(15)9-10(8)18-19-17-9/h3-4,16H,1-2,5-6,15H2. The maximum absolute atomic E-state index is 12.0. The molecule has 0 amide bonds. The van der Waals surface area contributed by atoms with Gasteiger partial charge in [0.05, 0.1) is 11.4 Å². The molecule has 2 rings (SSSR count). The maximum atomic E-state index is 12.0. The molecule has 0 aliphatic carbocycles. The normalized spacial score (nSPS) is 11.9. The molecule has 0 saturated heterocycles. The summed E-state index contributed by atoms with van der Waals surface area (Å²) in [6, 6.07) is 3.34. The van der Waals surface area contributed by atoms with Crippen LogP contribution in [0.1, 0.15) is 19.3 Å². The van der Waals surface area contributed by atoms with E-state index < -0.39 is 12.6 Å². The van der Waals surface area contributed by atoms with E-state index in [1.165, 1.54) is 0 Å². The van der Waals surface area contributed by atoms with E-state index in [0.717, 1.165) is 0 Å². The minimum atomic E-state index is -4.09. The van der Waals surface area contributed by atoms with Crippen molar-refractivity contribution in [2.24, 2.45) is 0 Å². The highest BCUT2D eigenvalue weighted by atomic mass is 19.4. The fraction of sp³-hybridized carbons (Fsp3) is 0.455. The third-order valence-corrected chi connectivity index (χ3v) is 2.65. The fourth-order valence-electron chi connectivity index (χ4n) is 1.70. The summed E-state index contributed by atoms with van der Waals surface area (Å²) < 4.78 is 40.4. The molecular weight excluding hydrogens is 261 g/mol. The molecular formula is C11H13F3N4O. The Balaban J connectivity index is 1.89. The first-order valence-electron chi connectivity index (χ1n) is 5.79. The Morgan fingerprint density at radius 3 is 2.63 bits per heavy atom. The van der Waals surface area contributed by atoms with Crippen molar-refractivity contribution in [3.05, 3.63) is 12.1 Å². The number of halogens is 3. The molecule has 0 atom stereocenters. The molecule has 0 fully saturated rings. The number of unbranched alkanes of at least 4 members (excludes halogenated alkanes) is 1. The summed E-state index contributed by atoms with van der Waals surface area (Å²) in [5.74, 6) is 0. The van der Waals surface area contributed by atoms with E-state index in [9.17, 15) is 13.2 Å². The number of hydrogen-bond acceptors (Lipinski definition) is 5. The Kier molecular flexibility index (Phi) is 3.77. The topological polar surface area (TPSA) is 77.0 Å². The Bertz CT molecular complexity index is 552. The lowest BCUT2D eigenvalue weighted by Gasteiger charge is -2.08. The van der Waals surface area contributed by atoms with Gasteiger partial charge >= 0.3 is 6.18 Å². The van der Waals surface area contributed by atoms with Crippen molar-refractivity contribution >= 4 is 22.4 Å². The summed E-state index contributed by atoms with van der Waals surface area (Å²) >= 11 is 0. The van der Waals surface area contributed by atoms with Crippen LogP contribution in [0.2, 0.25) is 0 Å². The van der Waals surface area contributed by atoms with E-state index in [2.05, 4.69) is 20.3 Å². The molecule has 0 radical (unpaired) electrons. The molecule has 0 bridgehead atoms. The number of aromatic nitrogens is 2. The lowest BCUT2D eigenvalue weighted by molar-refractivity contribution is -0.135. The lowest BCUT2D eigenvalue weighted by Crippen LogP contribution is -2.09. The molecule has 8 heteroatoms. The van der Waals surface area contributed by atoms with Gasteiger partial charge in [-0.25, -0.2) is 4.63 Å². The molecule has 2 aromatic rings. The van der Waals surface area contributed by atoms with Crippen molar-refractivity contribution in [3.63, 3.8) is 0 Å². The van der Waals surface area contributed by atoms with Crippen molar-refractivity contribution in [1.82, 2.24) is 10.3 Å². The van der Waals surface area contributed by atoms with Crippen LogP contribution in [0.25, 0.3) is 11.0 Å². The first-order valence-corrected chi connectivity index (χ1v) is 5.79. The van der Waals surface area contributed by atoms with Crippen molar-refractivity contribution in [3.8, 4) is 0 Å². The van der Waals surface area contributed by atoms with Gasteiger partial charge in [-0.1, -0.05) is 0 Å². The smallest absolute Gasteiger partial charge is 0.389 e. The number of alkyl halides is 3. The van der Waals surface area contributed by atoms with Crippen LogP contribution in [0.3, 0.4) is 0 Å². The van der Waals surface area contributed by atoms with Gasteiger partial charge in [0.2, 0.25) is 0 Å². The molecule has 0 spiro atoms. The van der Waals surface area contributed by atoms with E-state index >= 15 is 0 Å². The zero-order chi connectivity index (χ0) is 13.9. The first-order chi connectivity index (χ1) is 8.97. The van der Waals surface area contributed by atoms with E-state index in [0.29, 0.717) is 35.4 Å². The van der Waals surface area contributed by atoms with Gasteiger partial charge in [0.25, 0.3) is 0 Å². The predicted octanol–water partition coefficient (Wildman–Crippen LogP) is 2.95. The van der Waals surface area contributed by atoms with Crippen molar-refractivity contribution < 1.29 is 17.8 Å². The molecule has 1 aromatic carbocycles. The molecule has 1 aromatic heterocycles. The average molecular weight is 274 g/mol. The molecule has 0 aliphatic rings. The van der Waals surface area contributed by atoms with Crippen molar-refractivity contribution in [2.45, 2.75) is 25.4 Å². The Labute approximate surface area is 106 Å². The van der Waals surface area contributed by atoms with Crippen molar-refractivity contribution in [1.29, 1.82) is 0 Å². The summed E-state index contributed by atoms with van der Waals surface area (Å²) in [5, 5.41) is 10.4. The first kappa shape index (κ1) is 13.4. The Morgan fingerprint density at radius 2 is 1.89 bits per heavy atom. The van der Waals surface area contributed by atoms with Crippen LogP contribution < -0.4 is 11.1 Å². The van der Waals surface area contributed by atoms with Gasteiger partial charge in [-0.2, -0.15) is 13.2 Å². The van der Waals surface area contributed by atoms with E-state index in [1.54, 1.807) is 12.1 Å². The number of nitrogens with one attached hydrogen (secondary N) is 1. The number of anilines is 2. The molecule has 5 nitrogen and oxygen atoms in total. The van der Waals surface area contributed by atoms with Gasteiger partial charge in [0.1, 0.15) is 0 Å². The second kappa shape index (κ2) is 5.33. The highest BCUT2D eigenvalue weighted by molar-refractivity contribution is 5.94. The zero-order valence-electron chi connectivity index (χ0n) is 10.00. The van der Waals surface area contributed by atoms with E-state index in [-0.39, 0.29) is 6.42 Å². The average Bonchev–Trinajstić information content (AvgIpc) is 2.80. The summed E-state index contributed by atoms with van der Waals surface area (Å²) in [4.78, 5) is 0. The van der Waals surface area contributed by atoms with Gasteiger partial charge < -0.3 is 11.1 Å². The number of nitrogens with zero attached hydrogens (tertiary/aromatic N) is 2. The molecule has 0 unspecified atom stereocenters. The minimum absolute atomic E-state index is 0.0890. The molecule has 1 heterocycles. The summed E-state index contributed by atoms with van der Waals surface area (Å²) in [6.07, 6.45) is -4.36. The van der Waals surface area contributed by atoms with Gasteiger partial charge in [0, 0.05) is 13.0 Å². The predicted molar refractivity (Wildman–Crippen MR) is 64.6 cm³/mol. The number of rotatable bonds is 5. The third-order valence-electron chi connectivity index (χ3n) is 2.65. The second-order valence-electron chi connectivity index (χ2n) is 4.16. The van der Waals surface area contributed by atoms with Crippen LogP contribution in [0.5, 0.6) is 0 Å². The number of fused-ring (bicyclic) bond motifs is 1. The van der Waals surface area contributed by atoms with Gasteiger partial charge in [-0.05, 0) is 35.3 Å². The fourth-order valence-corrected chi connectivity index (χ4v) is 1.70. The minimum Gasteiger partial charge on any atom is -0.397 e. The number of nitrogen functional groups attached to an aromatic ring is 1. The lowest BCUT2D eigenvalue weighted by atomic mass is 10.2. The molecule has 19 heavy (non-hydrogen) atoms. The highest BCUT2D eigenvalue weighted by Gasteiger charge is 2.25. The van der Waals surface area contributed by atoms with Gasteiger partial charge in [-0.15, -0.1) is 0 Å². The summed E-state index contributed by atoms with van der Waals surface area (Å²) in [7, 11) is 0. The van der Waals surface area contributed by atoms with Crippen LogP contribution in [0.4, 0.5) is 24.5 Å². The van der Waals surface area contributed by atoms with Gasteiger partial charge in [-0.3, -0.25) is 0 Å². The zero-order valence-corrected chi connectivity index (χ0v) is 10.00. The molecule has 0 saturated carbocycles. The van der Waals surface area contributed by atoms with Crippen LogP contribution in [-0.2, 0) is 0 Å². The second-order valence-corrected chi connectivity index (χ2v) is 4.16. The van der Waals surface area contributed by atoms with Crippen LogP contribution >= 0.6 is 0 Å². The number of benzene rings is 1. The van der Waals surface area contributed by atoms with E-state index in [4.69, 9.17) is 5.73 Å². The van der Waals surface area contributed by atoms with Crippen LogP contribution in [0, 0.1) is 0 Å². The van der Waals surface area contributed by atoms with Crippen molar-refractivity contribution in [2.75, 3.05) is 17.6 Å². The third kappa shape index (κ3) is 3.49. The summed E-state index contributed by atoms with van der Waals surface area (Å²) in [5.41, 5.74) is 7.70. The highest BCUT2D eigenvalue weighted by Crippen LogP contribution is 2.25. The quantitative estimate of drug-likeness (QED) is 0.647. The SMILES string of the molecule is Nc1ccc(NCCCCC(F)(F)F)c2nonc12. The van der Waals surface area contributed by atoms with Gasteiger partial charge in [0.15, 0.2) is 11.0 Å². The monoisotopic (exact) mass is 274 g/mol. The van der Waals surface area contributed by atoms with Crippen LogP contribution in [0.15, 0.2) is 16.8 Å². The van der Waals surface area contributed by atoms with Crippen LogP contribution in [-0.4, -0.2) is 23.0 Å².